The van der Waals surface area contributed by atoms with Crippen LogP contribution in [0.2, 0.25) is 0 Å². The molecule has 1 amide bonds. The zero-order valence-corrected chi connectivity index (χ0v) is 15.2. The molecule has 8 nitrogen and oxygen atoms in total. The second-order valence-corrected chi connectivity index (χ2v) is 6.41. The van der Waals surface area contributed by atoms with Crippen LogP contribution in [0.25, 0.3) is 11.2 Å². The first-order valence-corrected chi connectivity index (χ1v) is 8.98. The summed E-state index contributed by atoms with van der Waals surface area (Å²) < 4.78 is 1.95. The van der Waals surface area contributed by atoms with Gasteiger partial charge in [-0.15, -0.1) is 0 Å². The first-order chi connectivity index (χ1) is 13.7. The maximum Gasteiger partial charge on any atom is 0.255 e. The van der Waals surface area contributed by atoms with Crippen molar-refractivity contribution in [3.63, 3.8) is 0 Å². The minimum absolute atomic E-state index is 0.131. The lowest BCUT2D eigenvalue weighted by atomic mass is 10.2. The molecule has 0 saturated carbocycles. The molecule has 0 atom stereocenters. The number of fused-ring (bicyclic) bond motifs is 1. The van der Waals surface area contributed by atoms with Crippen LogP contribution in [-0.2, 0) is 13.1 Å². The van der Waals surface area contributed by atoms with Crippen LogP contribution in [-0.4, -0.2) is 53.6 Å². The van der Waals surface area contributed by atoms with Crippen LogP contribution in [0, 0.1) is 0 Å². The fourth-order valence-electron chi connectivity index (χ4n) is 3.08. The number of aliphatic hydroxyl groups excluding tert-OH is 1. The summed E-state index contributed by atoms with van der Waals surface area (Å²) in [6, 6.07) is 11.8. The topological polar surface area (TPSA) is 99.9 Å². The molecule has 1 aromatic carbocycles. The third-order valence-corrected chi connectivity index (χ3v) is 4.45. The second-order valence-electron chi connectivity index (χ2n) is 6.41. The molecule has 3 heterocycles. The molecule has 0 saturated heterocycles. The summed E-state index contributed by atoms with van der Waals surface area (Å²) in [6.45, 7) is 1.02. The van der Waals surface area contributed by atoms with Crippen molar-refractivity contribution in [2.45, 2.75) is 13.1 Å². The highest BCUT2D eigenvalue weighted by Gasteiger charge is 2.18. The van der Waals surface area contributed by atoms with E-state index in [-0.39, 0.29) is 25.6 Å². The Bertz CT molecular complexity index is 1060. The standard InChI is InChI=1S/C20H20N6O2/c27-9-8-25(13-18-21-6-7-22-18)20(28)16-10-17-19(23-11-16)26(14-24-17)12-15-4-2-1-3-5-15/h1-7,10-11,14,27H,8-9,12-13H2,(H,21,22). The summed E-state index contributed by atoms with van der Waals surface area (Å²) in [5.41, 5.74) is 2.96. The van der Waals surface area contributed by atoms with E-state index in [2.05, 4.69) is 19.9 Å². The van der Waals surface area contributed by atoms with E-state index in [1.165, 1.54) is 4.90 Å². The molecule has 0 spiro atoms. The van der Waals surface area contributed by atoms with Gasteiger partial charge in [0, 0.05) is 25.1 Å². The van der Waals surface area contributed by atoms with E-state index in [0.29, 0.717) is 23.4 Å². The highest BCUT2D eigenvalue weighted by atomic mass is 16.3. The van der Waals surface area contributed by atoms with E-state index in [0.717, 1.165) is 11.2 Å². The van der Waals surface area contributed by atoms with Crippen LogP contribution < -0.4 is 0 Å². The lowest BCUT2D eigenvalue weighted by molar-refractivity contribution is 0.0703. The third kappa shape index (κ3) is 3.77. The first-order valence-electron chi connectivity index (χ1n) is 8.98. The van der Waals surface area contributed by atoms with E-state index in [1.54, 1.807) is 31.0 Å². The molecule has 2 N–H and O–H groups in total. The number of pyridine rings is 1. The molecule has 4 aromatic rings. The number of hydrogen-bond acceptors (Lipinski definition) is 5. The highest BCUT2D eigenvalue weighted by Crippen LogP contribution is 2.16. The number of aromatic nitrogens is 5. The van der Waals surface area contributed by atoms with Crippen molar-refractivity contribution in [3.8, 4) is 0 Å². The third-order valence-electron chi connectivity index (χ3n) is 4.45. The van der Waals surface area contributed by atoms with Crippen molar-refractivity contribution in [1.82, 2.24) is 29.4 Å². The van der Waals surface area contributed by atoms with Crippen molar-refractivity contribution in [2.75, 3.05) is 13.2 Å². The van der Waals surface area contributed by atoms with Gasteiger partial charge in [-0.1, -0.05) is 30.3 Å². The molecule has 0 unspecified atom stereocenters. The van der Waals surface area contributed by atoms with Gasteiger partial charge < -0.3 is 19.6 Å². The van der Waals surface area contributed by atoms with Crippen LogP contribution in [0.3, 0.4) is 0 Å². The summed E-state index contributed by atoms with van der Waals surface area (Å²) in [4.78, 5) is 30.4. The monoisotopic (exact) mass is 376 g/mol. The number of hydrogen-bond donors (Lipinski definition) is 2. The Labute approximate surface area is 161 Å². The van der Waals surface area contributed by atoms with Gasteiger partial charge in [-0.3, -0.25) is 4.79 Å². The van der Waals surface area contributed by atoms with Crippen molar-refractivity contribution in [3.05, 3.63) is 78.3 Å². The average molecular weight is 376 g/mol. The molecule has 4 rings (SSSR count). The van der Waals surface area contributed by atoms with E-state index in [9.17, 15) is 9.90 Å². The molecular weight excluding hydrogens is 356 g/mol. The smallest absolute Gasteiger partial charge is 0.255 e. The Hall–Kier alpha value is -3.52. The van der Waals surface area contributed by atoms with Gasteiger partial charge in [-0.25, -0.2) is 15.0 Å². The predicted octanol–water partition coefficient (Wildman–Crippen LogP) is 1.84. The van der Waals surface area contributed by atoms with Gasteiger partial charge >= 0.3 is 0 Å². The molecule has 0 bridgehead atoms. The molecule has 0 aliphatic carbocycles. The van der Waals surface area contributed by atoms with E-state index < -0.39 is 0 Å². The second kappa shape index (κ2) is 8.01. The number of benzene rings is 1. The fraction of sp³-hybridized carbons (Fsp3) is 0.200. The van der Waals surface area contributed by atoms with Crippen LogP contribution >= 0.6 is 0 Å². The molecule has 3 aromatic heterocycles. The molecule has 0 aliphatic heterocycles. The number of aliphatic hydroxyl groups is 1. The maximum absolute atomic E-state index is 12.9. The van der Waals surface area contributed by atoms with Crippen molar-refractivity contribution in [1.29, 1.82) is 0 Å². The van der Waals surface area contributed by atoms with E-state index in [1.807, 2.05) is 34.9 Å². The van der Waals surface area contributed by atoms with Gasteiger partial charge in [-0.05, 0) is 11.6 Å². The van der Waals surface area contributed by atoms with Crippen LogP contribution in [0.1, 0.15) is 21.7 Å². The fourth-order valence-corrected chi connectivity index (χ4v) is 3.08. The van der Waals surface area contributed by atoms with Gasteiger partial charge in [-0.2, -0.15) is 0 Å². The predicted molar refractivity (Wildman–Crippen MR) is 103 cm³/mol. The Morgan fingerprint density at radius 3 is 2.79 bits per heavy atom. The minimum atomic E-state index is -0.225. The zero-order valence-electron chi connectivity index (χ0n) is 15.2. The number of imidazole rings is 2. The molecule has 0 fully saturated rings. The molecule has 8 heteroatoms. The Morgan fingerprint density at radius 2 is 2.04 bits per heavy atom. The highest BCUT2D eigenvalue weighted by molar-refractivity contribution is 5.96. The quantitative estimate of drug-likeness (QED) is 0.513. The van der Waals surface area contributed by atoms with Crippen LogP contribution in [0.4, 0.5) is 0 Å². The lowest BCUT2D eigenvalue weighted by Gasteiger charge is -2.20. The van der Waals surface area contributed by atoms with Crippen molar-refractivity contribution >= 4 is 17.1 Å². The van der Waals surface area contributed by atoms with Crippen molar-refractivity contribution in [2.24, 2.45) is 0 Å². The van der Waals surface area contributed by atoms with Gasteiger partial charge in [0.25, 0.3) is 5.91 Å². The normalized spacial score (nSPS) is 11.0. The summed E-state index contributed by atoms with van der Waals surface area (Å²) >= 11 is 0. The van der Waals surface area contributed by atoms with Crippen LogP contribution in [0.15, 0.2) is 61.3 Å². The molecular formula is C20H20N6O2. The SMILES string of the molecule is O=C(c1cnc2c(c1)ncn2Cc1ccccc1)N(CCO)Cc1ncc[nH]1. The Kier molecular flexibility index (Phi) is 5.11. The minimum Gasteiger partial charge on any atom is -0.395 e. The van der Waals surface area contributed by atoms with Crippen molar-refractivity contribution < 1.29 is 9.90 Å². The van der Waals surface area contributed by atoms with Gasteiger partial charge in [0.2, 0.25) is 0 Å². The molecule has 28 heavy (non-hydrogen) atoms. The molecule has 0 aliphatic rings. The Balaban J connectivity index is 1.57. The number of nitrogens with one attached hydrogen (secondary N) is 1. The van der Waals surface area contributed by atoms with Crippen LogP contribution in [0.5, 0.6) is 0 Å². The maximum atomic E-state index is 12.9. The first kappa shape index (κ1) is 17.9. The zero-order chi connectivity index (χ0) is 19.3. The van der Waals surface area contributed by atoms with Gasteiger partial charge in [0.05, 0.1) is 31.6 Å². The largest absolute Gasteiger partial charge is 0.395 e. The van der Waals surface area contributed by atoms with E-state index >= 15 is 0 Å². The summed E-state index contributed by atoms with van der Waals surface area (Å²) in [6.07, 6.45) is 6.61. The lowest BCUT2D eigenvalue weighted by Crippen LogP contribution is -2.33. The van der Waals surface area contributed by atoms with E-state index in [4.69, 9.17) is 0 Å². The number of nitrogens with zero attached hydrogens (tertiary/aromatic N) is 5. The summed E-state index contributed by atoms with van der Waals surface area (Å²) in [5.74, 6) is 0.431. The molecule has 0 radical (unpaired) electrons. The summed E-state index contributed by atoms with van der Waals surface area (Å²) in [5, 5.41) is 9.32. The Morgan fingerprint density at radius 1 is 1.18 bits per heavy atom. The molecule has 142 valence electrons. The number of carbonyl (C=O) groups is 1. The number of amides is 1. The number of H-pyrrole nitrogens is 1. The number of carbonyl (C=O) groups excluding carboxylic acids is 1. The average Bonchev–Trinajstić information content (AvgIpc) is 3.38. The summed E-state index contributed by atoms with van der Waals surface area (Å²) in [7, 11) is 0. The number of aromatic amines is 1. The number of rotatable bonds is 7. The van der Waals surface area contributed by atoms with Gasteiger partial charge in [0.15, 0.2) is 5.65 Å². The van der Waals surface area contributed by atoms with Gasteiger partial charge in [0.1, 0.15) is 11.3 Å².